The molecule has 0 radical (unpaired) electrons. The summed E-state index contributed by atoms with van der Waals surface area (Å²) in [4.78, 5) is 12.8. The van der Waals surface area contributed by atoms with Crippen LogP contribution in [0.4, 0.5) is 0 Å². The van der Waals surface area contributed by atoms with Gasteiger partial charge in [0.1, 0.15) is 11.2 Å². The number of aliphatic hydroxyl groups is 1. The first-order valence-corrected chi connectivity index (χ1v) is 13.0. The summed E-state index contributed by atoms with van der Waals surface area (Å²) in [5, 5.41) is 10.4. The van der Waals surface area contributed by atoms with Crippen molar-refractivity contribution < 1.29 is 14.9 Å². The summed E-state index contributed by atoms with van der Waals surface area (Å²) in [6.07, 6.45) is 17.0. The molecule has 4 aliphatic carbocycles. The molecule has 6 rings (SSSR count). The van der Waals surface area contributed by atoms with Gasteiger partial charge in [0, 0.05) is 23.7 Å². The zero-order valence-corrected chi connectivity index (χ0v) is 20.6. The van der Waals surface area contributed by atoms with Crippen LogP contribution in [0, 0.1) is 46.3 Å². The second-order valence-corrected chi connectivity index (χ2v) is 12.7. The Labute approximate surface area is 189 Å². The minimum absolute atomic E-state index is 0.0663. The first-order chi connectivity index (χ1) is 14.6. The number of rotatable bonds is 4. The van der Waals surface area contributed by atoms with Gasteiger partial charge < -0.3 is 5.11 Å². The summed E-state index contributed by atoms with van der Waals surface area (Å²) < 4.78 is 0. The van der Waals surface area contributed by atoms with Crippen molar-refractivity contribution in [2.45, 2.75) is 104 Å². The molecule has 3 saturated carbocycles. The summed E-state index contributed by atoms with van der Waals surface area (Å²) in [5.41, 5.74) is -0.366. The van der Waals surface area contributed by atoms with Crippen molar-refractivity contribution in [3.63, 3.8) is 0 Å². The lowest BCUT2D eigenvalue weighted by Gasteiger charge is -2.69. The van der Waals surface area contributed by atoms with Gasteiger partial charge in [0.2, 0.25) is 0 Å². The van der Waals surface area contributed by atoms with Crippen LogP contribution in [-0.2, 0) is 9.78 Å². The van der Waals surface area contributed by atoms with E-state index in [1.54, 1.807) is 0 Å². The number of hydrogen-bond donors (Lipinski definition) is 1. The van der Waals surface area contributed by atoms with Gasteiger partial charge >= 0.3 is 0 Å². The van der Waals surface area contributed by atoms with Gasteiger partial charge in [-0.1, -0.05) is 59.8 Å². The second kappa shape index (κ2) is 7.18. The van der Waals surface area contributed by atoms with Gasteiger partial charge in [-0.25, -0.2) is 9.78 Å². The smallest absolute Gasteiger partial charge is 0.130 e. The molecule has 0 aromatic carbocycles. The first-order valence-electron chi connectivity index (χ1n) is 13.0. The third-order valence-corrected chi connectivity index (χ3v) is 11.1. The SMILES string of the molecule is CC(C)[C@@H](C)/C=C/[C@@H](C)[C@H]1CC[C@@H]2[C@]1(C)CC[C@H]1[C@]23C=C[C@]2(C[C@@H](O)CC[C@]12C)OO3. The fourth-order valence-electron chi connectivity index (χ4n) is 8.71. The number of aliphatic hydroxyl groups excluding tert-OH is 1. The van der Waals surface area contributed by atoms with E-state index < -0.39 is 5.60 Å². The molecule has 1 N–H and O–H groups in total. The molecule has 6 aliphatic rings. The first kappa shape index (κ1) is 22.2. The third kappa shape index (κ3) is 2.88. The maximum atomic E-state index is 10.4. The lowest BCUT2D eigenvalue weighted by Crippen LogP contribution is -2.73. The molecular weight excluding hydrogens is 384 g/mol. The highest BCUT2D eigenvalue weighted by Crippen LogP contribution is 2.72. The van der Waals surface area contributed by atoms with E-state index >= 15 is 0 Å². The molecule has 0 unspecified atom stereocenters. The van der Waals surface area contributed by atoms with Crippen LogP contribution in [0.3, 0.4) is 0 Å². The highest BCUT2D eigenvalue weighted by molar-refractivity contribution is 5.33. The van der Waals surface area contributed by atoms with Crippen molar-refractivity contribution in [1.29, 1.82) is 0 Å². The Hall–Kier alpha value is -0.640. The van der Waals surface area contributed by atoms with Gasteiger partial charge in [0.25, 0.3) is 0 Å². The molecule has 4 fully saturated rings. The molecule has 10 atom stereocenters. The molecular formula is C28H44O3. The molecule has 2 aliphatic heterocycles. The molecule has 3 nitrogen and oxygen atoms in total. The van der Waals surface area contributed by atoms with Gasteiger partial charge in [0.05, 0.1) is 6.10 Å². The van der Waals surface area contributed by atoms with Crippen LogP contribution in [0.1, 0.15) is 86.5 Å². The van der Waals surface area contributed by atoms with Gasteiger partial charge in [-0.05, 0) is 73.7 Å². The van der Waals surface area contributed by atoms with E-state index in [0.717, 1.165) is 12.8 Å². The van der Waals surface area contributed by atoms with Crippen LogP contribution < -0.4 is 0 Å². The highest BCUT2D eigenvalue weighted by atomic mass is 17.2. The van der Waals surface area contributed by atoms with Crippen molar-refractivity contribution in [3.8, 4) is 0 Å². The van der Waals surface area contributed by atoms with Crippen LogP contribution in [0.5, 0.6) is 0 Å². The molecule has 1 saturated heterocycles. The van der Waals surface area contributed by atoms with Crippen molar-refractivity contribution in [3.05, 3.63) is 24.3 Å². The average molecular weight is 429 g/mol. The fraction of sp³-hybridized carbons (Fsp3) is 0.857. The fourth-order valence-corrected chi connectivity index (χ4v) is 8.71. The quantitative estimate of drug-likeness (QED) is 0.412. The van der Waals surface area contributed by atoms with Crippen LogP contribution in [-0.4, -0.2) is 22.4 Å². The van der Waals surface area contributed by atoms with E-state index in [9.17, 15) is 5.11 Å². The Bertz CT molecular complexity index is 772. The number of allylic oxidation sites excluding steroid dienone is 2. The summed E-state index contributed by atoms with van der Waals surface area (Å²) in [6.45, 7) is 14.4. The van der Waals surface area contributed by atoms with Gasteiger partial charge in [0.15, 0.2) is 0 Å². The van der Waals surface area contributed by atoms with Gasteiger partial charge in [-0.2, -0.15) is 0 Å². The normalized spacial score (nSPS) is 52.8. The Morgan fingerprint density at radius 2 is 1.68 bits per heavy atom. The molecule has 174 valence electrons. The van der Waals surface area contributed by atoms with E-state index in [4.69, 9.17) is 9.78 Å². The molecule has 0 aromatic heterocycles. The van der Waals surface area contributed by atoms with Crippen LogP contribution in [0.25, 0.3) is 0 Å². The minimum Gasteiger partial charge on any atom is -0.393 e. The Morgan fingerprint density at radius 3 is 2.35 bits per heavy atom. The Morgan fingerprint density at radius 1 is 0.903 bits per heavy atom. The lowest BCUT2D eigenvalue weighted by molar-refractivity contribution is -0.497. The van der Waals surface area contributed by atoms with E-state index in [-0.39, 0.29) is 22.5 Å². The van der Waals surface area contributed by atoms with E-state index in [0.29, 0.717) is 41.9 Å². The minimum atomic E-state index is -0.439. The van der Waals surface area contributed by atoms with Gasteiger partial charge in [-0.3, -0.25) is 0 Å². The molecule has 2 heterocycles. The molecule has 2 bridgehead atoms. The standard InChI is InChI=1S/C28H44O3/c1-18(2)19(3)7-8-20(4)22-9-10-23-25(22,5)13-12-24-26(6)14-11-21(29)17-27(26)15-16-28(23,24)31-30-27/h7-8,15-16,18-24,29H,9-14,17H2,1-6H3/b8-7+/t19-,20+,21-,22+,23+,24+,25+,26+,27+,28-/m0/s1. The Kier molecular flexibility index (Phi) is 5.13. The monoisotopic (exact) mass is 428 g/mol. The predicted molar refractivity (Wildman–Crippen MR) is 124 cm³/mol. The molecule has 0 amide bonds. The van der Waals surface area contributed by atoms with E-state index in [1.165, 1.54) is 25.7 Å². The topological polar surface area (TPSA) is 38.7 Å². The summed E-state index contributed by atoms with van der Waals surface area (Å²) >= 11 is 0. The predicted octanol–water partition coefficient (Wildman–Crippen LogP) is 6.47. The van der Waals surface area contributed by atoms with Crippen molar-refractivity contribution in [2.24, 2.45) is 46.3 Å². The maximum Gasteiger partial charge on any atom is 0.130 e. The summed E-state index contributed by atoms with van der Waals surface area (Å²) in [7, 11) is 0. The lowest BCUT2D eigenvalue weighted by atomic mass is 9.43. The molecule has 31 heavy (non-hydrogen) atoms. The van der Waals surface area contributed by atoms with Crippen LogP contribution >= 0.6 is 0 Å². The zero-order chi connectivity index (χ0) is 22.2. The summed E-state index contributed by atoms with van der Waals surface area (Å²) in [6, 6.07) is 0. The van der Waals surface area contributed by atoms with Crippen LogP contribution in [0.15, 0.2) is 24.3 Å². The van der Waals surface area contributed by atoms with Crippen molar-refractivity contribution >= 4 is 0 Å². The average Bonchev–Trinajstić information content (AvgIpc) is 3.09. The molecule has 0 aromatic rings. The number of hydrogen-bond acceptors (Lipinski definition) is 3. The molecule has 3 heteroatoms. The van der Waals surface area contributed by atoms with Gasteiger partial charge in [-0.15, -0.1) is 0 Å². The largest absolute Gasteiger partial charge is 0.393 e. The highest BCUT2D eigenvalue weighted by Gasteiger charge is 2.74. The van der Waals surface area contributed by atoms with E-state index in [1.807, 2.05) is 0 Å². The zero-order valence-electron chi connectivity index (χ0n) is 20.6. The van der Waals surface area contributed by atoms with Crippen LogP contribution in [0.2, 0.25) is 0 Å². The maximum absolute atomic E-state index is 10.4. The number of fused-ring (bicyclic) bond motifs is 2. The van der Waals surface area contributed by atoms with Crippen molar-refractivity contribution in [2.75, 3.05) is 0 Å². The summed E-state index contributed by atoms with van der Waals surface area (Å²) in [5.74, 6) is 3.64. The van der Waals surface area contributed by atoms with Crippen molar-refractivity contribution in [1.82, 2.24) is 0 Å². The molecule has 2 spiro atoms. The second-order valence-electron chi connectivity index (χ2n) is 12.7. The van der Waals surface area contributed by atoms with E-state index in [2.05, 4.69) is 65.8 Å². The Balaban J connectivity index is 1.45. The third-order valence-electron chi connectivity index (χ3n) is 11.1.